The highest BCUT2D eigenvalue weighted by Gasteiger charge is 2.48. The van der Waals surface area contributed by atoms with Gasteiger partial charge in [0.2, 0.25) is 0 Å². The molecule has 1 saturated carbocycles. The fourth-order valence-corrected chi connectivity index (χ4v) is 5.16. The molecule has 0 amide bonds. The number of carboxylic acid groups (broad SMARTS) is 1. The van der Waals surface area contributed by atoms with Gasteiger partial charge in [0.05, 0.1) is 0 Å². The molecule has 22 heavy (non-hydrogen) atoms. The van der Waals surface area contributed by atoms with Crippen LogP contribution in [0.5, 0.6) is 0 Å². The number of rotatable bonds is 4. The lowest BCUT2D eigenvalue weighted by Gasteiger charge is -2.59. The predicted octanol–water partition coefficient (Wildman–Crippen LogP) is 3.40. The predicted molar refractivity (Wildman–Crippen MR) is 90.1 cm³/mol. The quantitative estimate of drug-likeness (QED) is 0.835. The molecule has 0 aromatic carbocycles. The fourth-order valence-electron chi connectivity index (χ4n) is 5.16. The van der Waals surface area contributed by atoms with Gasteiger partial charge in [-0.2, -0.15) is 0 Å². The van der Waals surface area contributed by atoms with E-state index in [9.17, 15) is 4.79 Å². The Labute approximate surface area is 135 Å². The summed E-state index contributed by atoms with van der Waals surface area (Å²) < 4.78 is 0. The number of aliphatic carboxylic acids is 1. The number of nitrogens with one attached hydrogen (secondary N) is 1. The summed E-state index contributed by atoms with van der Waals surface area (Å²) >= 11 is 0. The minimum atomic E-state index is -0.759. The van der Waals surface area contributed by atoms with Gasteiger partial charge >= 0.3 is 5.97 Å². The van der Waals surface area contributed by atoms with Crippen LogP contribution in [0, 0.1) is 0 Å². The van der Waals surface area contributed by atoms with E-state index in [4.69, 9.17) is 5.11 Å². The Bertz CT molecular complexity index is 382. The highest BCUT2D eigenvalue weighted by molar-refractivity contribution is 5.72. The van der Waals surface area contributed by atoms with Crippen LogP contribution < -0.4 is 5.32 Å². The number of carbonyl (C=O) groups is 1. The molecule has 0 aromatic rings. The maximum absolute atomic E-state index is 11.1. The average Bonchev–Trinajstić information content (AvgIpc) is 2.36. The van der Waals surface area contributed by atoms with Gasteiger partial charge in [-0.05, 0) is 60.3 Å². The molecule has 2 fully saturated rings. The van der Waals surface area contributed by atoms with E-state index in [2.05, 4.69) is 37.9 Å². The second-order valence-electron chi connectivity index (χ2n) is 8.62. The van der Waals surface area contributed by atoms with Crippen molar-refractivity contribution in [3.8, 4) is 0 Å². The molecule has 128 valence electrons. The maximum Gasteiger partial charge on any atom is 0.320 e. The van der Waals surface area contributed by atoms with Crippen LogP contribution in [-0.4, -0.2) is 45.2 Å². The number of hydrogen-bond acceptors (Lipinski definition) is 3. The first-order valence-electron chi connectivity index (χ1n) is 8.92. The van der Waals surface area contributed by atoms with Crippen LogP contribution in [0.25, 0.3) is 0 Å². The number of carboxylic acids is 1. The highest BCUT2D eigenvalue weighted by atomic mass is 16.4. The first kappa shape index (κ1) is 17.7. The Hall–Kier alpha value is -0.610. The summed E-state index contributed by atoms with van der Waals surface area (Å²) in [5.74, 6) is -0.759. The lowest BCUT2D eigenvalue weighted by atomic mass is 9.74. The van der Waals surface area contributed by atoms with Crippen LogP contribution in [0.4, 0.5) is 0 Å². The summed E-state index contributed by atoms with van der Waals surface area (Å²) in [6, 6.07) is 0.491. The first-order chi connectivity index (χ1) is 10.1. The standard InChI is InChI=1S/C18H34N2O2/c1-13(16(21)22)19-14-11-17(2,3)20(18(4,5)12-14)15-9-7-6-8-10-15/h13-15,19H,6-12H2,1-5H3,(H,21,22). The molecule has 1 aliphatic heterocycles. The Morgan fingerprint density at radius 2 is 1.59 bits per heavy atom. The van der Waals surface area contributed by atoms with Crippen LogP contribution in [-0.2, 0) is 4.79 Å². The Balaban J connectivity index is 2.13. The van der Waals surface area contributed by atoms with Gasteiger partial charge < -0.3 is 10.4 Å². The van der Waals surface area contributed by atoms with E-state index >= 15 is 0 Å². The summed E-state index contributed by atoms with van der Waals surface area (Å²) in [5.41, 5.74) is 0.222. The molecular weight excluding hydrogens is 276 g/mol. The zero-order valence-electron chi connectivity index (χ0n) is 15.0. The van der Waals surface area contributed by atoms with Crippen molar-refractivity contribution in [1.82, 2.24) is 10.2 Å². The second kappa shape index (κ2) is 6.48. The Morgan fingerprint density at radius 1 is 1.09 bits per heavy atom. The lowest BCUT2D eigenvalue weighted by molar-refractivity contribution is -0.140. The smallest absolute Gasteiger partial charge is 0.320 e. The molecule has 0 spiro atoms. The number of piperidine rings is 1. The topological polar surface area (TPSA) is 52.6 Å². The first-order valence-corrected chi connectivity index (χ1v) is 8.92. The van der Waals surface area contributed by atoms with E-state index in [1.54, 1.807) is 6.92 Å². The van der Waals surface area contributed by atoms with Crippen molar-refractivity contribution in [3.63, 3.8) is 0 Å². The van der Waals surface area contributed by atoms with Crippen LogP contribution >= 0.6 is 0 Å². The monoisotopic (exact) mass is 310 g/mol. The summed E-state index contributed by atoms with van der Waals surface area (Å²) in [6.45, 7) is 11.1. The summed E-state index contributed by atoms with van der Waals surface area (Å²) in [5, 5.41) is 12.5. The molecule has 4 nitrogen and oxygen atoms in total. The molecule has 1 heterocycles. The fraction of sp³-hybridized carbons (Fsp3) is 0.944. The van der Waals surface area contributed by atoms with Gasteiger partial charge in [0, 0.05) is 23.2 Å². The lowest BCUT2D eigenvalue weighted by Crippen LogP contribution is -2.67. The molecule has 1 unspecified atom stereocenters. The van der Waals surface area contributed by atoms with E-state index in [1.165, 1.54) is 32.1 Å². The van der Waals surface area contributed by atoms with E-state index in [1.807, 2.05) is 0 Å². The van der Waals surface area contributed by atoms with Crippen LogP contribution in [0.15, 0.2) is 0 Å². The van der Waals surface area contributed by atoms with Crippen LogP contribution in [0.1, 0.15) is 79.6 Å². The molecule has 1 saturated heterocycles. The number of nitrogens with zero attached hydrogens (tertiary/aromatic N) is 1. The van der Waals surface area contributed by atoms with Crippen molar-refractivity contribution in [1.29, 1.82) is 0 Å². The molecule has 0 aromatic heterocycles. The van der Waals surface area contributed by atoms with Gasteiger partial charge in [0.15, 0.2) is 0 Å². The zero-order chi connectivity index (χ0) is 16.5. The molecule has 1 aliphatic carbocycles. The molecule has 1 atom stereocenters. The normalized spacial score (nSPS) is 28.4. The van der Waals surface area contributed by atoms with Gasteiger partial charge in [-0.25, -0.2) is 0 Å². The SMILES string of the molecule is CC(NC1CC(C)(C)N(C2CCCCC2)C(C)(C)C1)C(=O)O. The second-order valence-corrected chi connectivity index (χ2v) is 8.62. The molecule has 4 heteroatoms. The van der Waals surface area contributed by atoms with Gasteiger partial charge in [0.25, 0.3) is 0 Å². The molecule has 2 N–H and O–H groups in total. The van der Waals surface area contributed by atoms with E-state index in [-0.39, 0.29) is 17.1 Å². The minimum Gasteiger partial charge on any atom is -0.480 e. The van der Waals surface area contributed by atoms with Gasteiger partial charge in [-0.3, -0.25) is 9.69 Å². The van der Waals surface area contributed by atoms with E-state index in [0.717, 1.165) is 12.8 Å². The van der Waals surface area contributed by atoms with Gasteiger partial charge in [-0.1, -0.05) is 19.3 Å². The van der Waals surface area contributed by atoms with E-state index in [0.29, 0.717) is 6.04 Å². The third-order valence-corrected chi connectivity index (χ3v) is 5.59. The third kappa shape index (κ3) is 3.83. The van der Waals surface area contributed by atoms with Crippen LogP contribution in [0.2, 0.25) is 0 Å². The third-order valence-electron chi connectivity index (χ3n) is 5.59. The molecule has 0 radical (unpaired) electrons. The molecular formula is C18H34N2O2. The largest absolute Gasteiger partial charge is 0.480 e. The van der Waals surface area contributed by atoms with Crippen molar-refractivity contribution < 1.29 is 9.90 Å². The van der Waals surface area contributed by atoms with E-state index < -0.39 is 12.0 Å². The average molecular weight is 310 g/mol. The molecule has 2 aliphatic rings. The Morgan fingerprint density at radius 3 is 2.05 bits per heavy atom. The molecule has 2 rings (SSSR count). The van der Waals surface area contributed by atoms with Crippen molar-refractivity contribution in [2.75, 3.05) is 0 Å². The summed E-state index contributed by atoms with van der Waals surface area (Å²) in [4.78, 5) is 13.9. The Kier molecular flexibility index (Phi) is 5.23. The maximum atomic E-state index is 11.1. The summed E-state index contributed by atoms with van der Waals surface area (Å²) in [6.07, 6.45) is 8.75. The van der Waals surface area contributed by atoms with Gasteiger partial charge in [0.1, 0.15) is 6.04 Å². The highest BCUT2D eigenvalue weighted by Crippen LogP contribution is 2.43. The van der Waals surface area contributed by atoms with Gasteiger partial charge in [-0.15, -0.1) is 0 Å². The molecule has 0 bridgehead atoms. The van der Waals surface area contributed by atoms with Crippen LogP contribution in [0.3, 0.4) is 0 Å². The number of likely N-dealkylation sites (tertiary alicyclic amines) is 1. The summed E-state index contributed by atoms with van der Waals surface area (Å²) in [7, 11) is 0. The number of hydrogen-bond donors (Lipinski definition) is 2. The van der Waals surface area contributed by atoms with Crippen molar-refractivity contribution in [3.05, 3.63) is 0 Å². The minimum absolute atomic E-state index is 0.111. The zero-order valence-corrected chi connectivity index (χ0v) is 15.0. The van der Waals surface area contributed by atoms with Crippen molar-refractivity contribution >= 4 is 5.97 Å². The van der Waals surface area contributed by atoms with Crippen molar-refractivity contribution in [2.45, 2.75) is 109 Å². The van der Waals surface area contributed by atoms with Crippen molar-refractivity contribution in [2.24, 2.45) is 0 Å².